The van der Waals surface area contributed by atoms with Crippen molar-refractivity contribution in [2.45, 2.75) is 120 Å². The molecule has 0 spiro atoms. The molecular formula is C40H48F2N6O8S. The van der Waals surface area contributed by atoms with E-state index in [1.54, 1.807) is 27.7 Å². The van der Waals surface area contributed by atoms with Crippen LogP contribution in [0.3, 0.4) is 0 Å². The number of nitrogens with zero attached hydrogens (tertiary/aromatic N) is 3. The molecule has 1 aromatic heterocycles. The Morgan fingerprint density at radius 1 is 1.02 bits per heavy atom. The molecule has 14 nitrogen and oxygen atoms in total. The van der Waals surface area contributed by atoms with Gasteiger partial charge in [-0.05, 0) is 82.4 Å². The van der Waals surface area contributed by atoms with Crippen LogP contribution in [0.15, 0.2) is 48.5 Å². The van der Waals surface area contributed by atoms with Crippen LogP contribution in [0.1, 0.15) is 78.2 Å². The normalized spacial score (nSPS) is 26.6. The third-order valence-corrected chi connectivity index (χ3v) is 13.0. The number of alkyl carbamates (subject to hydrolysis) is 1. The number of benzene rings is 2. The number of cyclic esters (lactones) is 1. The molecule has 17 heteroatoms. The first-order valence-electron chi connectivity index (χ1n) is 19.5. The van der Waals surface area contributed by atoms with Crippen LogP contribution >= 0.6 is 0 Å². The number of aromatic nitrogens is 2. The predicted octanol–water partition coefficient (Wildman–Crippen LogP) is 4.65. The van der Waals surface area contributed by atoms with Crippen LogP contribution in [0.4, 0.5) is 13.6 Å². The van der Waals surface area contributed by atoms with Gasteiger partial charge in [-0.15, -0.1) is 0 Å². The Morgan fingerprint density at radius 2 is 1.75 bits per heavy atom. The Kier molecular flexibility index (Phi) is 10.9. The molecule has 2 aromatic carbocycles. The van der Waals surface area contributed by atoms with Gasteiger partial charge in [0.25, 0.3) is 5.91 Å². The monoisotopic (exact) mass is 810 g/mol. The first kappa shape index (κ1) is 40.3. The maximum absolute atomic E-state index is 14.5. The molecule has 2 saturated carbocycles. The average Bonchev–Trinajstić information content (AvgIpc) is 4.08. The van der Waals surface area contributed by atoms with Crippen molar-refractivity contribution < 1.29 is 45.9 Å². The average molecular weight is 811 g/mol. The highest BCUT2D eigenvalue weighted by atomic mass is 32.2. The molecule has 3 N–H and O–H groups in total. The van der Waals surface area contributed by atoms with Crippen molar-refractivity contribution in [3.05, 3.63) is 54.1 Å². The van der Waals surface area contributed by atoms with Crippen LogP contribution in [0.2, 0.25) is 0 Å². The number of sulfonamides is 1. The van der Waals surface area contributed by atoms with Crippen molar-refractivity contribution in [2.24, 2.45) is 11.8 Å². The van der Waals surface area contributed by atoms with E-state index >= 15 is 0 Å². The molecule has 7 rings (SSSR count). The summed E-state index contributed by atoms with van der Waals surface area (Å²) in [4.78, 5) is 66.6. The number of aryl methyl sites for hydroxylation is 1. The highest BCUT2D eigenvalue weighted by Gasteiger charge is 2.66. The summed E-state index contributed by atoms with van der Waals surface area (Å²) in [5, 5.41) is 4.30. The first-order chi connectivity index (χ1) is 27.0. The van der Waals surface area contributed by atoms with Crippen molar-refractivity contribution in [3.63, 3.8) is 0 Å². The highest BCUT2D eigenvalue weighted by Crippen LogP contribution is 2.48. The van der Waals surface area contributed by atoms with Crippen molar-refractivity contribution in [1.29, 1.82) is 0 Å². The Hall–Kier alpha value is -4.93. The van der Waals surface area contributed by atoms with Crippen molar-refractivity contribution >= 4 is 44.9 Å². The predicted molar refractivity (Wildman–Crippen MR) is 204 cm³/mol. The van der Waals surface area contributed by atoms with E-state index in [-0.39, 0.29) is 18.8 Å². The lowest BCUT2D eigenvalue weighted by molar-refractivity contribution is -0.142. The van der Waals surface area contributed by atoms with Gasteiger partial charge in [-0.2, -0.15) is 0 Å². The lowest BCUT2D eigenvalue weighted by atomic mass is 9.98. The molecule has 3 fully saturated rings. The minimum atomic E-state index is -4.14. The number of amides is 4. The summed E-state index contributed by atoms with van der Waals surface area (Å²) in [5.41, 5.74) is 0.236. The number of hydrogen-bond acceptors (Lipinski definition) is 10. The maximum atomic E-state index is 14.5. The number of alkyl halides is 2. The number of carbonyl (C=O) groups is 4. The molecule has 1 saturated heterocycles. The van der Waals surface area contributed by atoms with Crippen molar-refractivity contribution in [3.8, 4) is 17.1 Å². The number of hydrogen-bond donors (Lipinski definition) is 3. The largest absolute Gasteiger partial charge is 0.471 e. The number of carbonyl (C=O) groups excluding carboxylic acids is 4. The van der Waals surface area contributed by atoms with Gasteiger partial charge in [0.1, 0.15) is 35.0 Å². The zero-order chi connectivity index (χ0) is 40.9. The molecule has 5 atom stereocenters. The number of halogens is 2. The van der Waals surface area contributed by atoms with Gasteiger partial charge < -0.3 is 25.0 Å². The van der Waals surface area contributed by atoms with E-state index in [0.29, 0.717) is 41.6 Å². The third kappa shape index (κ3) is 8.67. The van der Waals surface area contributed by atoms with Crippen molar-refractivity contribution in [2.75, 3.05) is 6.54 Å². The molecular weight excluding hydrogens is 763 g/mol. The fourth-order valence-electron chi connectivity index (χ4n) is 7.71. The lowest BCUT2D eigenvalue weighted by Crippen LogP contribution is -2.59. The molecule has 3 aromatic rings. The molecule has 2 aliphatic carbocycles. The minimum Gasteiger partial charge on any atom is -0.471 e. The van der Waals surface area contributed by atoms with Gasteiger partial charge >= 0.3 is 6.09 Å². The molecule has 0 radical (unpaired) electrons. The highest BCUT2D eigenvalue weighted by molar-refractivity contribution is 7.91. The topological polar surface area (TPSA) is 186 Å². The zero-order valence-corrected chi connectivity index (χ0v) is 33.1. The van der Waals surface area contributed by atoms with Crippen LogP contribution in [-0.2, 0) is 35.6 Å². The van der Waals surface area contributed by atoms with Crippen LogP contribution in [0.5, 0.6) is 5.88 Å². The second-order valence-corrected chi connectivity index (χ2v) is 18.5. The quantitative estimate of drug-likeness (QED) is 0.289. The van der Waals surface area contributed by atoms with Crippen LogP contribution < -0.4 is 20.1 Å². The van der Waals surface area contributed by atoms with Crippen LogP contribution in [0, 0.1) is 11.8 Å². The van der Waals surface area contributed by atoms with Crippen molar-refractivity contribution in [1.82, 2.24) is 30.2 Å². The van der Waals surface area contributed by atoms with E-state index in [4.69, 9.17) is 19.4 Å². The van der Waals surface area contributed by atoms with E-state index in [2.05, 4.69) is 10.6 Å². The van der Waals surface area contributed by atoms with Gasteiger partial charge in [0.2, 0.25) is 34.1 Å². The maximum Gasteiger partial charge on any atom is 0.408 e. The zero-order valence-electron chi connectivity index (χ0n) is 32.3. The summed E-state index contributed by atoms with van der Waals surface area (Å²) in [5.74, 6) is -4.89. The SMILES string of the molecule is CC(C)[C@@H]1NC(=O)OC(C)(C)CCCCc2ccc3nc(-c4ccccc4)c(nc3c2)O[C@@H]2C[C@@H](C(=O)N[C@@]3(C(=O)NS(=O)(=O)C4CC4)C[C@H]3C(F)F)N(C2)C1=O. The smallest absolute Gasteiger partial charge is 0.408 e. The summed E-state index contributed by atoms with van der Waals surface area (Å²) in [6, 6.07) is 12.5. The molecule has 0 unspecified atom stereocenters. The van der Waals surface area contributed by atoms with Gasteiger partial charge in [0, 0.05) is 12.0 Å². The number of ether oxygens (including phenoxy) is 2. The Labute approximate surface area is 329 Å². The van der Waals surface area contributed by atoms with Gasteiger partial charge in [0.15, 0.2) is 0 Å². The van der Waals surface area contributed by atoms with Gasteiger partial charge in [-0.3, -0.25) is 19.1 Å². The van der Waals surface area contributed by atoms with Gasteiger partial charge in [-0.1, -0.05) is 50.2 Å². The summed E-state index contributed by atoms with van der Waals surface area (Å²) < 4.78 is 68.0. The molecule has 306 valence electrons. The number of fused-ring (bicyclic) bond motifs is 4. The molecule has 57 heavy (non-hydrogen) atoms. The number of rotatable bonds is 8. The van der Waals surface area contributed by atoms with E-state index in [1.807, 2.05) is 53.3 Å². The Balaban J connectivity index is 1.26. The fourth-order valence-corrected chi connectivity index (χ4v) is 9.07. The molecule has 4 aliphatic rings. The van der Waals surface area contributed by atoms with Crippen LogP contribution in [0.25, 0.3) is 22.3 Å². The summed E-state index contributed by atoms with van der Waals surface area (Å²) in [6.07, 6.45) is -1.97. The summed E-state index contributed by atoms with van der Waals surface area (Å²) in [7, 11) is -4.14. The Bertz CT molecular complexity index is 2170. The van der Waals surface area contributed by atoms with Crippen LogP contribution in [-0.4, -0.2) is 94.6 Å². The molecule has 3 heterocycles. The van der Waals surface area contributed by atoms with E-state index in [1.165, 1.54) is 4.90 Å². The number of nitrogens with one attached hydrogen (secondary N) is 3. The van der Waals surface area contributed by atoms with Gasteiger partial charge in [0.05, 0.1) is 28.7 Å². The minimum absolute atomic E-state index is 0.146. The third-order valence-electron chi connectivity index (χ3n) is 11.2. The molecule has 2 aliphatic heterocycles. The Morgan fingerprint density at radius 3 is 2.42 bits per heavy atom. The van der Waals surface area contributed by atoms with E-state index in [0.717, 1.165) is 24.8 Å². The first-order valence-corrected chi connectivity index (χ1v) is 21.0. The lowest BCUT2D eigenvalue weighted by Gasteiger charge is -2.32. The van der Waals surface area contributed by atoms with Gasteiger partial charge in [-0.25, -0.2) is 32.0 Å². The fraction of sp³-hybridized carbons (Fsp3) is 0.550. The standard InChI is InChI=1S/C40H48F2N6O8S/c1-22(2)31-36(50)48-21-25(19-30(48)34(49)46-40(20-27(40)33(41)42)37(51)47-57(53,54)26-14-15-26)55-35-32(24-11-6-5-7-12-24)43-28-16-13-23(18-29(28)44-35)10-8-9-17-39(3,4)56-38(52)45-31/h5-7,11-13,16,18,22,25-27,30-31,33H,8-10,14-15,17,19-21H2,1-4H3,(H,45,52)(H,46,49)(H,47,51)/t25-,27+,30+,31+,40+/m1/s1. The van der Waals surface area contributed by atoms with E-state index in [9.17, 15) is 36.4 Å². The molecule has 4 amide bonds. The summed E-state index contributed by atoms with van der Waals surface area (Å²) >= 11 is 0. The second-order valence-electron chi connectivity index (χ2n) is 16.6. The second kappa shape index (κ2) is 15.4. The summed E-state index contributed by atoms with van der Waals surface area (Å²) in [6.45, 7) is 6.81. The van der Waals surface area contributed by atoms with E-state index < -0.39 is 93.1 Å². The molecule has 5 bridgehead atoms.